The molecule has 2 rings (SSSR count). The van der Waals surface area contributed by atoms with Crippen molar-refractivity contribution in [1.82, 2.24) is 4.98 Å². The van der Waals surface area contributed by atoms with Crippen LogP contribution in [0.25, 0.3) is 0 Å². The van der Waals surface area contributed by atoms with E-state index in [-0.39, 0.29) is 20.8 Å². The third-order valence-electron chi connectivity index (χ3n) is 2.57. The standard InChI is InChI=1S/C13H11BrCl2N2O2S/c1-7-3-8(2)17-12(4-7)18-21(19,20)13-10(15)5-9(14)6-11(13)16/h3-6H,1-2H3,(H,17,18). The van der Waals surface area contributed by atoms with Crippen molar-refractivity contribution >= 4 is 55.0 Å². The highest BCUT2D eigenvalue weighted by Crippen LogP contribution is 2.33. The van der Waals surface area contributed by atoms with E-state index in [1.54, 1.807) is 13.0 Å². The number of sulfonamides is 1. The Kier molecular flexibility index (Phi) is 4.82. The van der Waals surface area contributed by atoms with Crippen LogP contribution in [-0.4, -0.2) is 13.4 Å². The maximum Gasteiger partial charge on any atom is 0.266 e. The second kappa shape index (κ2) is 6.12. The fourth-order valence-corrected chi connectivity index (χ4v) is 4.80. The molecule has 1 aromatic carbocycles. The molecule has 2 aromatic rings. The second-order valence-corrected chi connectivity index (χ2v) is 7.82. The van der Waals surface area contributed by atoms with E-state index in [9.17, 15) is 8.42 Å². The van der Waals surface area contributed by atoms with Crippen LogP contribution < -0.4 is 4.72 Å². The molecule has 112 valence electrons. The Labute approximate surface area is 141 Å². The Balaban J connectivity index is 2.48. The average Bonchev–Trinajstić information content (AvgIpc) is 2.23. The molecular formula is C13H11BrCl2N2O2S. The molecule has 0 amide bonds. The van der Waals surface area contributed by atoms with Gasteiger partial charge < -0.3 is 0 Å². The molecule has 1 N–H and O–H groups in total. The SMILES string of the molecule is Cc1cc(C)nc(NS(=O)(=O)c2c(Cl)cc(Br)cc2Cl)c1. The summed E-state index contributed by atoms with van der Waals surface area (Å²) in [6, 6.07) is 6.41. The summed E-state index contributed by atoms with van der Waals surface area (Å²) >= 11 is 15.2. The number of aryl methyl sites for hydroxylation is 2. The molecule has 1 heterocycles. The molecule has 0 unspecified atom stereocenters. The summed E-state index contributed by atoms with van der Waals surface area (Å²) in [5.41, 5.74) is 1.61. The number of hydrogen-bond acceptors (Lipinski definition) is 3. The molecule has 0 aliphatic heterocycles. The third-order valence-corrected chi connectivity index (χ3v) is 5.30. The van der Waals surface area contributed by atoms with Gasteiger partial charge in [0.15, 0.2) is 0 Å². The first-order valence-corrected chi connectivity index (χ1v) is 8.85. The fourth-order valence-electron chi connectivity index (χ4n) is 1.87. The number of hydrogen-bond donors (Lipinski definition) is 1. The van der Waals surface area contributed by atoms with Gasteiger partial charge in [0.1, 0.15) is 10.7 Å². The highest BCUT2D eigenvalue weighted by molar-refractivity contribution is 9.10. The molecule has 0 bridgehead atoms. The van der Waals surface area contributed by atoms with Crippen molar-refractivity contribution in [3.63, 3.8) is 0 Å². The second-order valence-electron chi connectivity index (χ2n) is 4.48. The minimum atomic E-state index is -3.92. The predicted molar refractivity (Wildman–Crippen MR) is 88.7 cm³/mol. The van der Waals surface area contributed by atoms with E-state index >= 15 is 0 Å². The molecule has 0 fully saturated rings. The van der Waals surface area contributed by atoms with Gasteiger partial charge in [-0.05, 0) is 43.7 Å². The van der Waals surface area contributed by atoms with Crippen molar-refractivity contribution < 1.29 is 8.42 Å². The van der Waals surface area contributed by atoms with Gasteiger partial charge in [0.2, 0.25) is 0 Å². The van der Waals surface area contributed by atoms with E-state index in [1.807, 2.05) is 13.0 Å². The van der Waals surface area contributed by atoms with Crippen molar-refractivity contribution in [1.29, 1.82) is 0 Å². The van der Waals surface area contributed by atoms with Gasteiger partial charge >= 0.3 is 0 Å². The van der Waals surface area contributed by atoms with Crippen LogP contribution in [0.4, 0.5) is 5.82 Å². The summed E-state index contributed by atoms with van der Waals surface area (Å²) in [6.07, 6.45) is 0. The number of pyridine rings is 1. The van der Waals surface area contributed by atoms with Crippen LogP contribution in [0.1, 0.15) is 11.3 Å². The molecule has 0 spiro atoms. The number of benzene rings is 1. The monoisotopic (exact) mass is 408 g/mol. The number of anilines is 1. The van der Waals surface area contributed by atoms with Gasteiger partial charge in [0, 0.05) is 10.2 Å². The van der Waals surface area contributed by atoms with E-state index in [0.717, 1.165) is 5.56 Å². The van der Waals surface area contributed by atoms with Gasteiger partial charge in [-0.2, -0.15) is 0 Å². The van der Waals surface area contributed by atoms with Gasteiger partial charge in [-0.25, -0.2) is 13.4 Å². The van der Waals surface area contributed by atoms with Crippen LogP contribution >= 0.6 is 39.1 Å². The number of halogens is 3. The van der Waals surface area contributed by atoms with Crippen molar-refractivity contribution in [2.75, 3.05) is 4.72 Å². The van der Waals surface area contributed by atoms with E-state index in [4.69, 9.17) is 23.2 Å². The molecule has 0 aliphatic carbocycles. The molecule has 1 aromatic heterocycles. The molecule has 21 heavy (non-hydrogen) atoms. The fraction of sp³-hybridized carbons (Fsp3) is 0.154. The van der Waals surface area contributed by atoms with Crippen molar-refractivity contribution in [3.8, 4) is 0 Å². The lowest BCUT2D eigenvalue weighted by atomic mass is 10.2. The molecule has 0 saturated carbocycles. The van der Waals surface area contributed by atoms with Crippen LogP contribution in [0.2, 0.25) is 10.0 Å². The Morgan fingerprint density at radius 1 is 1.10 bits per heavy atom. The van der Waals surface area contributed by atoms with Gasteiger partial charge in [-0.1, -0.05) is 39.1 Å². The van der Waals surface area contributed by atoms with Crippen LogP contribution in [0.15, 0.2) is 33.6 Å². The zero-order chi connectivity index (χ0) is 15.8. The Bertz CT molecular complexity index is 767. The van der Waals surface area contributed by atoms with Crippen LogP contribution in [0.5, 0.6) is 0 Å². The van der Waals surface area contributed by atoms with E-state index < -0.39 is 10.0 Å². The largest absolute Gasteiger partial charge is 0.266 e. The van der Waals surface area contributed by atoms with E-state index in [2.05, 4.69) is 25.6 Å². The normalized spacial score (nSPS) is 11.5. The Morgan fingerprint density at radius 3 is 2.19 bits per heavy atom. The van der Waals surface area contributed by atoms with Gasteiger partial charge in [0.05, 0.1) is 10.0 Å². The summed E-state index contributed by atoms with van der Waals surface area (Å²) < 4.78 is 27.9. The average molecular weight is 410 g/mol. The summed E-state index contributed by atoms with van der Waals surface area (Å²) in [7, 11) is -3.92. The summed E-state index contributed by atoms with van der Waals surface area (Å²) in [5, 5.41) is 0.0671. The molecule has 0 saturated heterocycles. The first-order chi connectivity index (χ1) is 9.69. The van der Waals surface area contributed by atoms with Gasteiger partial charge in [0.25, 0.3) is 10.0 Å². The number of nitrogens with one attached hydrogen (secondary N) is 1. The minimum Gasteiger partial charge on any atom is -0.263 e. The zero-order valence-corrected chi connectivity index (χ0v) is 15.0. The zero-order valence-electron chi connectivity index (χ0n) is 11.1. The van der Waals surface area contributed by atoms with E-state index in [1.165, 1.54) is 12.1 Å². The van der Waals surface area contributed by atoms with Crippen LogP contribution in [0.3, 0.4) is 0 Å². The van der Waals surface area contributed by atoms with Crippen molar-refractivity contribution in [2.24, 2.45) is 0 Å². The first-order valence-electron chi connectivity index (χ1n) is 5.82. The maximum absolute atomic E-state index is 12.4. The lowest BCUT2D eigenvalue weighted by Crippen LogP contribution is -2.15. The van der Waals surface area contributed by atoms with Gasteiger partial charge in [-0.3, -0.25) is 4.72 Å². The molecule has 4 nitrogen and oxygen atoms in total. The minimum absolute atomic E-state index is 0.0336. The number of aromatic nitrogens is 1. The molecule has 8 heteroatoms. The smallest absolute Gasteiger partial charge is 0.263 e. The summed E-state index contributed by atoms with van der Waals surface area (Å²) in [5.74, 6) is 0.225. The third kappa shape index (κ3) is 3.88. The highest BCUT2D eigenvalue weighted by atomic mass is 79.9. The maximum atomic E-state index is 12.4. The number of nitrogens with zero attached hydrogens (tertiary/aromatic N) is 1. The van der Waals surface area contributed by atoms with Gasteiger partial charge in [-0.15, -0.1) is 0 Å². The lowest BCUT2D eigenvalue weighted by Gasteiger charge is -2.12. The van der Waals surface area contributed by atoms with E-state index in [0.29, 0.717) is 10.2 Å². The van der Waals surface area contributed by atoms with Crippen molar-refractivity contribution in [3.05, 3.63) is 50.0 Å². The van der Waals surface area contributed by atoms with Crippen LogP contribution in [-0.2, 0) is 10.0 Å². The molecule has 0 aliphatic rings. The Morgan fingerprint density at radius 2 is 1.67 bits per heavy atom. The molecule has 0 radical (unpaired) electrons. The lowest BCUT2D eigenvalue weighted by molar-refractivity contribution is 0.601. The first kappa shape index (κ1) is 16.5. The van der Waals surface area contributed by atoms with Crippen LogP contribution in [0, 0.1) is 13.8 Å². The quantitative estimate of drug-likeness (QED) is 0.807. The topological polar surface area (TPSA) is 59.1 Å². The Hall–Kier alpha value is -0.820. The predicted octanol–water partition coefficient (Wildman–Crippen LogP) is 4.57. The molecular weight excluding hydrogens is 399 g/mol. The summed E-state index contributed by atoms with van der Waals surface area (Å²) in [6.45, 7) is 3.64. The highest BCUT2D eigenvalue weighted by Gasteiger charge is 2.23. The summed E-state index contributed by atoms with van der Waals surface area (Å²) in [4.78, 5) is 3.96. The number of rotatable bonds is 3. The molecule has 0 atom stereocenters. The van der Waals surface area contributed by atoms with Crippen molar-refractivity contribution in [2.45, 2.75) is 18.7 Å².